The number of hydrogen-bond acceptors (Lipinski definition) is 4. The highest BCUT2D eigenvalue weighted by atomic mass is 19.1. The third-order valence-electron chi connectivity index (χ3n) is 3.44. The maximum absolute atomic E-state index is 14.1. The summed E-state index contributed by atoms with van der Waals surface area (Å²) in [6.07, 6.45) is 0. The van der Waals surface area contributed by atoms with E-state index >= 15 is 0 Å². The fourth-order valence-electron chi connectivity index (χ4n) is 2.39. The van der Waals surface area contributed by atoms with Gasteiger partial charge in [0.1, 0.15) is 5.83 Å². The predicted molar refractivity (Wildman–Crippen MR) is 70.8 cm³/mol. The first kappa shape index (κ1) is 12.8. The number of rotatable bonds is 2. The van der Waals surface area contributed by atoms with Gasteiger partial charge in [-0.1, -0.05) is 12.1 Å². The topological polar surface area (TPSA) is 61.4 Å². The Bertz CT molecular complexity index is 569. The number of carbonyl (C=O) groups excluding carboxylic acids is 2. The van der Waals surface area contributed by atoms with Gasteiger partial charge in [0, 0.05) is 19.6 Å². The van der Waals surface area contributed by atoms with Crippen LogP contribution in [0.25, 0.3) is 0 Å². The van der Waals surface area contributed by atoms with E-state index in [1.807, 2.05) is 0 Å². The van der Waals surface area contributed by atoms with Crippen LogP contribution in [0.3, 0.4) is 0 Å². The minimum absolute atomic E-state index is 0.323. The summed E-state index contributed by atoms with van der Waals surface area (Å²) in [6.45, 7) is 1.46. The molecule has 1 saturated heterocycles. The Kier molecular flexibility index (Phi) is 3.23. The Morgan fingerprint density at radius 2 is 1.80 bits per heavy atom. The molecule has 1 aromatic carbocycles. The molecule has 2 heterocycles. The molecule has 2 aliphatic rings. The lowest BCUT2D eigenvalue weighted by atomic mass is 10.1. The molecule has 20 heavy (non-hydrogen) atoms. The third-order valence-corrected chi connectivity index (χ3v) is 3.44. The molecule has 2 amide bonds. The highest BCUT2D eigenvalue weighted by Gasteiger charge is 2.36. The minimum Gasteiger partial charge on any atom is -0.384 e. The van der Waals surface area contributed by atoms with Gasteiger partial charge in [0.05, 0.1) is 23.4 Å². The number of fused-ring (bicyclic) bond motifs is 1. The SMILES string of the molecule is O=C1c2ccccc2C(=O)N1C/C(F)=C1/CNCCN1. The van der Waals surface area contributed by atoms with Gasteiger partial charge in [-0.25, -0.2) is 4.39 Å². The van der Waals surface area contributed by atoms with E-state index in [0.717, 1.165) is 11.4 Å². The lowest BCUT2D eigenvalue weighted by Crippen LogP contribution is -2.40. The fourth-order valence-corrected chi connectivity index (χ4v) is 2.39. The van der Waals surface area contributed by atoms with Crippen molar-refractivity contribution in [3.63, 3.8) is 0 Å². The fraction of sp³-hybridized carbons (Fsp3) is 0.286. The van der Waals surface area contributed by atoms with E-state index in [1.165, 1.54) is 0 Å². The zero-order valence-electron chi connectivity index (χ0n) is 10.8. The molecule has 5 nitrogen and oxygen atoms in total. The van der Waals surface area contributed by atoms with Gasteiger partial charge in [0.25, 0.3) is 11.8 Å². The summed E-state index contributed by atoms with van der Waals surface area (Å²) >= 11 is 0. The number of hydrogen-bond donors (Lipinski definition) is 2. The summed E-state index contributed by atoms with van der Waals surface area (Å²) in [5, 5.41) is 5.97. The van der Waals surface area contributed by atoms with Crippen LogP contribution in [0.4, 0.5) is 4.39 Å². The van der Waals surface area contributed by atoms with Crippen molar-refractivity contribution in [2.24, 2.45) is 0 Å². The second kappa shape index (κ2) is 5.05. The highest BCUT2D eigenvalue weighted by molar-refractivity contribution is 6.21. The Labute approximate surface area is 115 Å². The van der Waals surface area contributed by atoms with Gasteiger partial charge in [0.15, 0.2) is 0 Å². The van der Waals surface area contributed by atoms with Crippen molar-refractivity contribution in [1.82, 2.24) is 15.5 Å². The third kappa shape index (κ3) is 2.08. The summed E-state index contributed by atoms with van der Waals surface area (Å²) in [5.41, 5.74) is 1.09. The molecule has 0 aliphatic carbocycles. The van der Waals surface area contributed by atoms with Gasteiger partial charge < -0.3 is 10.6 Å². The Hall–Kier alpha value is -2.21. The van der Waals surface area contributed by atoms with Crippen molar-refractivity contribution < 1.29 is 14.0 Å². The molecular weight excluding hydrogens is 261 g/mol. The van der Waals surface area contributed by atoms with Crippen LogP contribution in [0.2, 0.25) is 0 Å². The minimum atomic E-state index is -0.480. The molecule has 0 bridgehead atoms. The van der Waals surface area contributed by atoms with Crippen LogP contribution in [0.1, 0.15) is 20.7 Å². The van der Waals surface area contributed by atoms with E-state index in [1.54, 1.807) is 24.3 Å². The van der Waals surface area contributed by atoms with Gasteiger partial charge in [-0.05, 0) is 12.1 Å². The standard InChI is InChI=1S/C14H14FN3O2/c15-11(12-7-16-5-6-17-12)8-18-13(19)9-3-1-2-4-10(9)14(18)20/h1-4,16-17H,5-8H2/b12-11+. The van der Waals surface area contributed by atoms with Crippen molar-refractivity contribution >= 4 is 11.8 Å². The molecule has 0 saturated carbocycles. The smallest absolute Gasteiger partial charge is 0.261 e. The summed E-state index contributed by atoms with van der Waals surface area (Å²) in [4.78, 5) is 25.2. The number of imide groups is 1. The molecule has 0 spiro atoms. The second-order valence-corrected chi connectivity index (χ2v) is 4.73. The molecule has 2 N–H and O–H groups in total. The van der Waals surface area contributed by atoms with E-state index in [4.69, 9.17) is 0 Å². The average molecular weight is 275 g/mol. The summed E-state index contributed by atoms with van der Waals surface area (Å²) in [6, 6.07) is 6.55. The number of carbonyl (C=O) groups is 2. The highest BCUT2D eigenvalue weighted by Crippen LogP contribution is 2.23. The van der Waals surface area contributed by atoms with Crippen LogP contribution >= 0.6 is 0 Å². The molecule has 104 valence electrons. The first-order valence-electron chi connectivity index (χ1n) is 6.46. The van der Waals surface area contributed by atoms with Gasteiger partial charge in [-0.15, -0.1) is 0 Å². The zero-order chi connectivity index (χ0) is 14.1. The van der Waals surface area contributed by atoms with E-state index in [9.17, 15) is 14.0 Å². The molecule has 0 unspecified atom stereocenters. The van der Waals surface area contributed by atoms with Crippen LogP contribution < -0.4 is 10.6 Å². The Balaban J connectivity index is 1.83. The quantitative estimate of drug-likeness (QED) is 0.778. The second-order valence-electron chi connectivity index (χ2n) is 4.73. The number of benzene rings is 1. The zero-order valence-corrected chi connectivity index (χ0v) is 10.8. The Morgan fingerprint density at radius 1 is 1.15 bits per heavy atom. The lowest BCUT2D eigenvalue weighted by molar-refractivity contribution is 0.0659. The molecule has 1 fully saturated rings. The molecule has 1 aromatic rings. The molecule has 2 aliphatic heterocycles. The summed E-state index contributed by atoms with van der Waals surface area (Å²) in [7, 11) is 0. The lowest BCUT2D eigenvalue weighted by Gasteiger charge is -2.20. The molecule has 6 heteroatoms. The number of nitrogens with zero attached hydrogens (tertiary/aromatic N) is 1. The number of nitrogens with one attached hydrogen (secondary N) is 2. The number of piperazine rings is 1. The number of amides is 2. The first-order valence-corrected chi connectivity index (χ1v) is 6.46. The summed E-state index contributed by atoms with van der Waals surface area (Å²) < 4.78 is 14.1. The number of halogens is 1. The molecular formula is C14H14FN3O2. The van der Waals surface area contributed by atoms with Crippen molar-refractivity contribution in [2.45, 2.75) is 0 Å². The predicted octanol–water partition coefficient (Wildman–Crippen LogP) is 0.656. The van der Waals surface area contributed by atoms with E-state index in [-0.39, 0.29) is 6.54 Å². The van der Waals surface area contributed by atoms with Crippen LogP contribution in [-0.4, -0.2) is 42.9 Å². The largest absolute Gasteiger partial charge is 0.384 e. The van der Waals surface area contributed by atoms with Crippen LogP contribution in [0, 0.1) is 0 Å². The van der Waals surface area contributed by atoms with Gasteiger partial charge in [-0.2, -0.15) is 0 Å². The average Bonchev–Trinajstić information content (AvgIpc) is 2.74. The Morgan fingerprint density at radius 3 is 2.35 bits per heavy atom. The summed E-state index contributed by atoms with van der Waals surface area (Å²) in [5.74, 6) is -1.36. The van der Waals surface area contributed by atoms with E-state index < -0.39 is 17.6 Å². The monoisotopic (exact) mass is 275 g/mol. The van der Waals surface area contributed by atoms with Crippen LogP contribution in [0.5, 0.6) is 0 Å². The van der Waals surface area contributed by atoms with E-state index in [2.05, 4.69) is 10.6 Å². The van der Waals surface area contributed by atoms with Gasteiger partial charge in [0.2, 0.25) is 0 Å². The maximum Gasteiger partial charge on any atom is 0.261 e. The molecule has 0 radical (unpaired) electrons. The van der Waals surface area contributed by atoms with Crippen LogP contribution in [-0.2, 0) is 0 Å². The van der Waals surface area contributed by atoms with Crippen molar-refractivity contribution in [2.75, 3.05) is 26.2 Å². The van der Waals surface area contributed by atoms with E-state index in [0.29, 0.717) is 29.9 Å². The van der Waals surface area contributed by atoms with Crippen LogP contribution in [0.15, 0.2) is 35.8 Å². The maximum atomic E-state index is 14.1. The molecule has 3 rings (SSSR count). The van der Waals surface area contributed by atoms with Gasteiger partial charge in [-0.3, -0.25) is 14.5 Å². The molecule has 0 aromatic heterocycles. The normalized spacial score (nSPS) is 20.8. The van der Waals surface area contributed by atoms with Crippen molar-refractivity contribution in [1.29, 1.82) is 0 Å². The van der Waals surface area contributed by atoms with Crippen molar-refractivity contribution in [3.05, 3.63) is 46.9 Å². The van der Waals surface area contributed by atoms with Gasteiger partial charge >= 0.3 is 0 Å². The van der Waals surface area contributed by atoms with Crippen molar-refractivity contribution in [3.8, 4) is 0 Å². The molecule has 0 atom stereocenters. The first-order chi connectivity index (χ1) is 9.68.